The second-order valence-corrected chi connectivity index (χ2v) is 9.48. The van der Waals surface area contributed by atoms with Crippen molar-refractivity contribution in [2.24, 2.45) is 0 Å². The standard InChI is InChI=1S/C24H29N3O6S/c1-4-5-14-20-25-23(28)21(26-34(30,31)16-15-17-10-7-6-8-11-17)24(29)27(20)22-18(32-2)12-9-13-19(22)33-3/h6-13,26,28H,4-5,14-16H2,1-3H3. The molecule has 2 aromatic carbocycles. The van der Waals surface area contributed by atoms with Crippen LogP contribution in [0.15, 0.2) is 53.3 Å². The molecule has 0 aliphatic rings. The molecule has 3 rings (SSSR count). The lowest BCUT2D eigenvalue weighted by molar-refractivity contribution is 0.388. The van der Waals surface area contributed by atoms with E-state index in [2.05, 4.69) is 9.71 Å². The van der Waals surface area contributed by atoms with Crippen molar-refractivity contribution in [2.45, 2.75) is 32.6 Å². The maximum Gasteiger partial charge on any atom is 0.286 e. The predicted octanol–water partition coefficient (Wildman–Crippen LogP) is 3.28. The zero-order valence-electron chi connectivity index (χ0n) is 19.4. The van der Waals surface area contributed by atoms with Crippen LogP contribution < -0.4 is 19.8 Å². The fraction of sp³-hybridized carbons (Fsp3) is 0.333. The van der Waals surface area contributed by atoms with E-state index >= 15 is 0 Å². The SMILES string of the molecule is CCCCc1nc(O)c(NS(=O)(=O)CCc2ccccc2)c(=O)n1-c1c(OC)cccc1OC. The van der Waals surface area contributed by atoms with Crippen LogP contribution in [0.1, 0.15) is 31.2 Å². The molecular formula is C24H29N3O6S. The molecule has 0 atom stereocenters. The Kier molecular flexibility index (Phi) is 8.17. The Morgan fingerprint density at radius 2 is 1.65 bits per heavy atom. The van der Waals surface area contributed by atoms with Crippen LogP contribution in [0.3, 0.4) is 0 Å². The highest BCUT2D eigenvalue weighted by Crippen LogP contribution is 2.33. The summed E-state index contributed by atoms with van der Waals surface area (Å²) in [5.74, 6) is -0.0103. The Labute approximate surface area is 199 Å². The van der Waals surface area contributed by atoms with Crippen LogP contribution in [0.5, 0.6) is 17.4 Å². The van der Waals surface area contributed by atoms with Gasteiger partial charge in [-0.15, -0.1) is 0 Å². The van der Waals surface area contributed by atoms with Gasteiger partial charge in [0.25, 0.3) is 5.56 Å². The zero-order chi connectivity index (χ0) is 24.7. The van der Waals surface area contributed by atoms with Gasteiger partial charge in [0.15, 0.2) is 5.69 Å². The van der Waals surface area contributed by atoms with Crippen LogP contribution in [0, 0.1) is 0 Å². The number of nitrogens with one attached hydrogen (secondary N) is 1. The molecule has 0 saturated carbocycles. The molecule has 0 saturated heterocycles. The molecule has 0 bridgehead atoms. The Bertz CT molecular complexity index is 1270. The van der Waals surface area contributed by atoms with Gasteiger partial charge in [-0.05, 0) is 30.5 Å². The smallest absolute Gasteiger partial charge is 0.286 e. The molecule has 1 aromatic heterocycles. The Balaban J connectivity index is 2.10. The third-order valence-electron chi connectivity index (χ3n) is 5.27. The average Bonchev–Trinajstić information content (AvgIpc) is 2.84. The number of rotatable bonds is 11. The molecule has 9 nitrogen and oxygen atoms in total. The summed E-state index contributed by atoms with van der Waals surface area (Å²) in [4.78, 5) is 17.8. The van der Waals surface area contributed by atoms with Crippen molar-refractivity contribution in [3.8, 4) is 23.1 Å². The summed E-state index contributed by atoms with van der Waals surface area (Å²) in [7, 11) is -1.05. The highest BCUT2D eigenvalue weighted by atomic mass is 32.2. The molecule has 0 aliphatic carbocycles. The molecule has 0 spiro atoms. The molecule has 0 radical (unpaired) electrons. The van der Waals surface area contributed by atoms with Crippen LogP contribution in [0.25, 0.3) is 5.69 Å². The number of unbranched alkanes of at least 4 members (excludes halogenated alkanes) is 1. The lowest BCUT2D eigenvalue weighted by Crippen LogP contribution is -2.30. The number of hydrogen-bond donors (Lipinski definition) is 2. The second-order valence-electron chi connectivity index (χ2n) is 7.64. The molecule has 3 aromatic rings. The van der Waals surface area contributed by atoms with E-state index in [9.17, 15) is 18.3 Å². The molecule has 0 amide bonds. The number of anilines is 1. The number of sulfonamides is 1. The van der Waals surface area contributed by atoms with Gasteiger partial charge < -0.3 is 14.6 Å². The normalized spacial score (nSPS) is 11.3. The van der Waals surface area contributed by atoms with E-state index in [0.717, 1.165) is 12.0 Å². The number of para-hydroxylation sites is 1. The molecule has 182 valence electrons. The van der Waals surface area contributed by atoms with Crippen molar-refractivity contribution in [2.75, 3.05) is 24.7 Å². The highest BCUT2D eigenvalue weighted by Gasteiger charge is 2.25. The van der Waals surface area contributed by atoms with E-state index in [1.165, 1.54) is 18.8 Å². The fourth-order valence-corrected chi connectivity index (χ4v) is 4.63. The number of nitrogens with zero attached hydrogens (tertiary/aromatic N) is 2. The molecule has 34 heavy (non-hydrogen) atoms. The minimum Gasteiger partial charge on any atom is -0.494 e. The van der Waals surface area contributed by atoms with Crippen molar-refractivity contribution < 1.29 is 23.0 Å². The van der Waals surface area contributed by atoms with E-state index in [0.29, 0.717) is 24.3 Å². The first kappa shape index (κ1) is 25.1. The van der Waals surface area contributed by atoms with Gasteiger partial charge in [-0.3, -0.25) is 14.1 Å². The van der Waals surface area contributed by atoms with E-state index in [-0.39, 0.29) is 23.7 Å². The molecule has 0 aliphatic heterocycles. The van der Waals surface area contributed by atoms with Gasteiger partial charge >= 0.3 is 0 Å². The quantitative estimate of drug-likeness (QED) is 0.426. The van der Waals surface area contributed by atoms with Gasteiger partial charge in [0.1, 0.15) is 23.0 Å². The lowest BCUT2D eigenvalue weighted by atomic mass is 10.2. The number of ether oxygens (including phenoxy) is 2. The third-order valence-corrected chi connectivity index (χ3v) is 6.53. The van der Waals surface area contributed by atoms with Gasteiger partial charge in [0, 0.05) is 6.42 Å². The minimum atomic E-state index is -3.96. The maximum absolute atomic E-state index is 13.6. The summed E-state index contributed by atoms with van der Waals surface area (Å²) in [6.07, 6.45) is 2.15. The monoisotopic (exact) mass is 487 g/mol. The summed E-state index contributed by atoms with van der Waals surface area (Å²) in [6.45, 7) is 1.99. The van der Waals surface area contributed by atoms with Crippen LogP contribution in [0.2, 0.25) is 0 Å². The molecule has 0 unspecified atom stereocenters. The summed E-state index contributed by atoms with van der Waals surface area (Å²) in [5.41, 5.74) is -0.187. The molecular weight excluding hydrogens is 458 g/mol. The number of aromatic nitrogens is 2. The number of methoxy groups -OCH3 is 2. The Morgan fingerprint density at radius 3 is 2.24 bits per heavy atom. The number of hydrogen-bond acceptors (Lipinski definition) is 7. The van der Waals surface area contributed by atoms with E-state index in [1.54, 1.807) is 18.2 Å². The summed E-state index contributed by atoms with van der Waals surface area (Å²) < 4.78 is 39.9. The van der Waals surface area contributed by atoms with Gasteiger partial charge in [-0.25, -0.2) is 8.42 Å². The summed E-state index contributed by atoms with van der Waals surface area (Å²) in [6, 6.07) is 14.1. The number of aromatic hydroxyl groups is 1. The van der Waals surface area contributed by atoms with Gasteiger partial charge in [0.05, 0.1) is 20.0 Å². The first-order valence-electron chi connectivity index (χ1n) is 10.9. The Hall–Kier alpha value is -3.53. The van der Waals surface area contributed by atoms with E-state index < -0.39 is 27.1 Å². The molecule has 0 fully saturated rings. The van der Waals surface area contributed by atoms with Crippen molar-refractivity contribution in [1.82, 2.24) is 9.55 Å². The third kappa shape index (κ3) is 5.69. The topological polar surface area (TPSA) is 120 Å². The number of benzene rings is 2. The average molecular weight is 488 g/mol. The predicted molar refractivity (Wildman–Crippen MR) is 131 cm³/mol. The summed E-state index contributed by atoms with van der Waals surface area (Å²) in [5, 5.41) is 10.5. The zero-order valence-corrected chi connectivity index (χ0v) is 20.3. The van der Waals surface area contributed by atoms with Crippen molar-refractivity contribution >= 4 is 15.7 Å². The van der Waals surface area contributed by atoms with Crippen LogP contribution in [0.4, 0.5) is 5.69 Å². The second kappa shape index (κ2) is 11.1. The lowest BCUT2D eigenvalue weighted by Gasteiger charge is -2.19. The van der Waals surface area contributed by atoms with Crippen LogP contribution >= 0.6 is 0 Å². The van der Waals surface area contributed by atoms with E-state index in [4.69, 9.17) is 9.47 Å². The highest BCUT2D eigenvalue weighted by molar-refractivity contribution is 7.92. The summed E-state index contributed by atoms with van der Waals surface area (Å²) >= 11 is 0. The largest absolute Gasteiger partial charge is 0.494 e. The van der Waals surface area contributed by atoms with Gasteiger partial charge in [-0.1, -0.05) is 49.7 Å². The first-order valence-corrected chi connectivity index (χ1v) is 12.6. The van der Waals surface area contributed by atoms with E-state index in [1.807, 2.05) is 37.3 Å². The van der Waals surface area contributed by atoms with Crippen LogP contribution in [-0.4, -0.2) is 43.0 Å². The molecule has 1 heterocycles. The van der Waals surface area contributed by atoms with Gasteiger partial charge in [0.2, 0.25) is 15.9 Å². The first-order chi connectivity index (χ1) is 16.3. The minimum absolute atomic E-state index is 0.244. The number of aryl methyl sites for hydroxylation is 2. The van der Waals surface area contributed by atoms with Gasteiger partial charge in [-0.2, -0.15) is 4.98 Å². The van der Waals surface area contributed by atoms with Crippen molar-refractivity contribution in [1.29, 1.82) is 0 Å². The van der Waals surface area contributed by atoms with Crippen LogP contribution in [-0.2, 0) is 22.9 Å². The Morgan fingerprint density at radius 1 is 1.00 bits per heavy atom. The van der Waals surface area contributed by atoms with Crippen molar-refractivity contribution in [3.05, 3.63) is 70.3 Å². The molecule has 2 N–H and O–H groups in total. The van der Waals surface area contributed by atoms with Crippen molar-refractivity contribution in [3.63, 3.8) is 0 Å². The maximum atomic E-state index is 13.6. The molecule has 10 heteroatoms. The fourth-order valence-electron chi connectivity index (χ4n) is 3.53.